The molecule has 0 aliphatic carbocycles. The number of anilines is 1. The summed E-state index contributed by atoms with van der Waals surface area (Å²) in [5, 5.41) is 9.57. The van der Waals surface area contributed by atoms with Crippen LogP contribution in [0.5, 0.6) is 0 Å². The number of hydrogen-bond donors (Lipinski definition) is 1. The van der Waals surface area contributed by atoms with Crippen molar-refractivity contribution in [2.24, 2.45) is 5.92 Å². The van der Waals surface area contributed by atoms with Gasteiger partial charge in [-0.15, -0.1) is 0 Å². The van der Waals surface area contributed by atoms with Crippen LogP contribution in [0.2, 0.25) is 0 Å². The zero-order valence-electron chi connectivity index (χ0n) is 14.4. The van der Waals surface area contributed by atoms with Crippen molar-refractivity contribution in [2.45, 2.75) is 44.9 Å². The number of aliphatic carboxylic acids is 1. The minimum Gasteiger partial charge on any atom is -0.481 e. The van der Waals surface area contributed by atoms with Gasteiger partial charge in [0.1, 0.15) is 0 Å². The summed E-state index contributed by atoms with van der Waals surface area (Å²) in [4.78, 5) is 26.3. The molecule has 1 aromatic carbocycles. The number of carbonyl (C=O) groups excluding carboxylic acids is 1. The summed E-state index contributed by atoms with van der Waals surface area (Å²) in [5.74, 6) is -0.580. The number of amides is 1. The van der Waals surface area contributed by atoms with Crippen molar-refractivity contribution in [2.75, 3.05) is 24.7 Å². The molecule has 24 heavy (non-hydrogen) atoms. The second-order valence-corrected chi connectivity index (χ2v) is 6.96. The largest absolute Gasteiger partial charge is 0.481 e. The first-order chi connectivity index (χ1) is 11.5. The molecule has 0 aromatic heterocycles. The maximum atomic E-state index is 12.8. The lowest BCUT2D eigenvalue weighted by atomic mass is 9.79. The predicted molar refractivity (Wildman–Crippen MR) is 91.3 cm³/mol. The van der Waals surface area contributed by atoms with E-state index >= 15 is 0 Å². The Labute approximate surface area is 142 Å². The standard InChI is InChI=1S/C19H25NO4/c1-3-19(2,18(22)23)15-4-5-16-14(12-15)6-9-20(16)17(21)13-7-10-24-11-8-13/h4-5,12-13H,3,6-11H2,1-2H3,(H,22,23). The number of carboxylic acid groups (broad SMARTS) is 1. The fourth-order valence-electron chi connectivity index (χ4n) is 3.62. The number of rotatable bonds is 4. The summed E-state index contributed by atoms with van der Waals surface area (Å²) in [6.07, 6.45) is 2.90. The molecular formula is C19H25NO4. The van der Waals surface area contributed by atoms with Crippen LogP contribution in [0.4, 0.5) is 5.69 Å². The molecule has 2 aliphatic rings. The molecule has 0 spiro atoms. The van der Waals surface area contributed by atoms with E-state index in [1.54, 1.807) is 6.92 Å². The highest BCUT2D eigenvalue weighted by Gasteiger charge is 2.36. The summed E-state index contributed by atoms with van der Waals surface area (Å²) in [6, 6.07) is 5.77. The van der Waals surface area contributed by atoms with Crippen LogP contribution in [0.15, 0.2) is 18.2 Å². The van der Waals surface area contributed by atoms with Crippen LogP contribution in [-0.4, -0.2) is 36.7 Å². The second-order valence-electron chi connectivity index (χ2n) is 6.96. The van der Waals surface area contributed by atoms with E-state index in [2.05, 4.69) is 0 Å². The van der Waals surface area contributed by atoms with Crippen LogP contribution in [-0.2, 0) is 26.2 Å². The van der Waals surface area contributed by atoms with Crippen molar-refractivity contribution in [3.63, 3.8) is 0 Å². The number of ether oxygens (including phenoxy) is 1. The molecular weight excluding hydrogens is 306 g/mol. The first-order valence-electron chi connectivity index (χ1n) is 8.73. The third-order valence-corrected chi connectivity index (χ3v) is 5.63. The zero-order chi connectivity index (χ0) is 17.3. The number of benzene rings is 1. The molecule has 1 aromatic rings. The fraction of sp³-hybridized carbons (Fsp3) is 0.579. The van der Waals surface area contributed by atoms with Crippen LogP contribution >= 0.6 is 0 Å². The lowest BCUT2D eigenvalue weighted by Crippen LogP contribution is -2.37. The summed E-state index contributed by atoms with van der Waals surface area (Å²) in [6.45, 7) is 5.65. The Balaban J connectivity index is 1.85. The predicted octanol–water partition coefficient (Wildman–Crippen LogP) is 2.75. The Morgan fingerprint density at radius 2 is 2.04 bits per heavy atom. The Hall–Kier alpha value is -1.88. The molecule has 5 nitrogen and oxygen atoms in total. The summed E-state index contributed by atoms with van der Waals surface area (Å²) in [7, 11) is 0. The van der Waals surface area contributed by atoms with E-state index in [-0.39, 0.29) is 11.8 Å². The normalized spacial score (nSPS) is 20.5. The van der Waals surface area contributed by atoms with Gasteiger partial charge in [-0.1, -0.05) is 19.1 Å². The van der Waals surface area contributed by atoms with Gasteiger partial charge in [0.2, 0.25) is 5.91 Å². The molecule has 3 rings (SSSR count). The Bertz CT molecular complexity index is 651. The number of hydrogen-bond acceptors (Lipinski definition) is 3. The van der Waals surface area contributed by atoms with Gasteiger partial charge in [0.25, 0.3) is 0 Å². The molecule has 2 aliphatic heterocycles. The topological polar surface area (TPSA) is 66.8 Å². The van der Waals surface area contributed by atoms with Crippen LogP contribution in [0.25, 0.3) is 0 Å². The van der Waals surface area contributed by atoms with Crippen LogP contribution in [0.1, 0.15) is 44.2 Å². The minimum absolute atomic E-state index is 0.0457. The highest BCUT2D eigenvalue weighted by Crippen LogP contribution is 2.36. The van der Waals surface area contributed by atoms with E-state index < -0.39 is 11.4 Å². The van der Waals surface area contributed by atoms with Gasteiger partial charge in [-0.25, -0.2) is 0 Å². The van der Waals surface area contributed by atoms with Crippen LogP contribution in [0.3, 0.4) is 0 Å². The van der Waals surface area contributed by atoms with Crippen molar-refractivity contribution >= 4 is 17.6 Å². The lowest BCUT2D eigenvalue weighted by molar-refractivity contribution is -0.143. The van der Waals surface area contributed by atoms with E-state index in [4.69, 9.17) is 4.74 Å². The van der Waals surface area contributed by atoms with Crippen LogP contribution < -0.4 is 4.90 Å². The maximum absolute atomic E-state index is 12.8. The second kappa shape index (κ2) is 6.55. The number of carboxylic acids is 1. The highest BCUT2D eigenvalue weighted by molar-refractivity contribution is 5.97. The molecule has 1 unspecified atom stereocenters. The van der Waals surface area contributed by atoms with Gasteiger partial charge in [0.05, 0.1) is 5.41 Å². The van der Waals surface area contributed by atoms with Crippen LogP contribution in [0, 0.1) is 5.92 Å². The molecule has 5 heteroatoms. The summed E-state index contributed by atoms with van der Waals surface area (Å²) >= 11 is 0. The van der Waals surface area contributed by atoms with E-state index in [0.29, 0.717) is 26.2 Å². The SMILES string of the molecule is CCC(C)(C(=O)O)c1ccc2c(c1)CCN2C(=O)C1CCOCC1. The number of fused-ring (bicyclic) bond motifs is 1. The Kier molecular flexibility index (Phi) is 4.63. The Morgan fingerprint density at radius 1 is 1.33 bits per heavy atom. The first-order valence-corrected chi connectivity index (χ1v) is 8.73. The van der Waals surface area contributed by atoms with E-state index in [9.17, 15) is 14.7 Å². The number of carbonyl (C=O) groups is 2. The van der Waals surface area contributed by atoms with Gasteiger partial charge in [-0.05, 0) is 49.8 Å². The average molecular weight is 331 g/mol. The van der Waals surface area contributed by atoms with Crippen molar-refractivity contribution in [1.82, 2.24) is 0 Å². The Morgan fingerprint density at radius 3 is 2.67 bits per heavy atom. The summed E-state index contributed by atoms with van der Waals surface area (Å²) in [5.41, 5.74) is 1.96. The monoisotopic (exact) mass is 331 g/mol. The van der Waals surface area contributed by atoms with Gasteiger partial charge >= 0.3 is 5.97 Å². The first kappa shape index (κ1) is 17.0. The van der Waals surface area contributed by atoms with Crippen molar-refractivity contribution < 1.29 is 19.4 Å². The average Bonchev–Trinajstić information content (AvgIpc) is 3.04. The third-order valence-electron chi connectivity index (χ3n) is 5.63. The van der Waals surface area contributed by atoms with Gasteiger partial charge in [0.15, 0.2) is 0 Å². The van der Waals surface area contributed by atoms with Gasteiger partial charge in [0, 0.05) is 31.4 Å². The quantitative estimate of drug-likeness (QED) is 0.921. The van der Waals surface area contributed by atoms with E-state index in [1.807, 2.05) is 30.0 Å². The molecule has 1 N–H and O–H groups in total. The van der Waals surface area contributed by atoms with Gasteiger partial charge in [-0.2, -0.15) is 0 Å². The molecule has 2 heterocycles. The fourth-order valence-corrected chi connectivity index (χ4v) is 3.62. The molecule has 0 saturated carbocycles. The molecule has 1 fully saturated rings. The van der Waals surface area contributed by atoms with Crippen molar-refractivity contribution in [3.8, 4) is 0 Å². The minimum atomic E-state index is -0.882. The lowest BCUT2D eigenvalue weighted by Gasteiger charge is -2.27. The maximum Gasteiger partial charge on any atom is 0.313 e. The molecule has 1 atom stereocenters. The zero-order valence-corrected chi connectivity index (χ0v) is 14.4. The van der Waals surface area contributed by atoms with Gasteiger partial charge in [-0.3, -0.25) is 9.59 Å². The van der Waals surface area contributed by atoms with E-state index in [0.717, 1.165) is 36.1 Å². The molecule has 1 saturated heterocycles. The van der Waals surface area contributed by atoms with Crippen molar-refractivity contribution in [3.05, 3.63) is 29.3 Å². The molecule has 1 amide bonds. The highest BCUT2D eigenvalue weighted by atomic mass is 16.5. The summed E-state index contributed by atoms with van der Waals surface area (Å²) < 4.78 is 5.34. The van der Waals surface area contributed by atoms with Gasteiger partial charge < -0.3 is 14.7 Å². The molecule has 0 bridgehead atoms. The van der Waals surface area contributed by atoms with Crippen molar-refractivity contribution in [1.29, 1.82) is 0 Å². The third kappa shape index (κ3) is 2.81. The molecule has 130 valence electrons. The smallest absolute Gasteiger partial charge is 0.313 e. The van der Waals surface area contributed by atoms with E-state index in [1.165, 1.54) is 0 Å². The molecule has 0 radical (unpaired) electrons. The number of nitrogens with zero attached hydrogens (tertiary/aromatic N) is 1.